The van der Waals surface area contributed by atoms with Crippen LogP contribution in [0.5, 0.6) is 0 Å². The quantitative estimate of drug-likeness (QED) is 0.575. The van der Waals surface area contributed by atoms with Gasteiger partial charge in [0, 0.05) is 6.61 Å². The summed E-state index contributed by atoms with van der Waals surface area (Å²) in [4.78, 5) is 0. The fourth-order valence-corrected chi connectivity index (χ4v) is 1.18. The van der Waals surface area contributed by atoms with Crippen molar-refractivity contribution in [1.29, 1.82) is 0 Å². The summed E-state index contributed by atoms with van der Waals surface area (Å²) in [5, 5.41) is 10.8. The molecule has 11 heavy (non-hydrogen) atoms. The van der Waals surface area contributed by atoms with Crippen LogP contribution in [0.1, 0.15) is 12.5 Å². The SMILES string of the molecule is Nc1nnnn1C1CCOC1. The molecule has 0 aliphatic carbocycles. The van der Waals surface area contributed by atoms with Crippen LogP contribution in [0.4, 0.5) is 5.95 Å². The zero-order valence-corrected chi connectivity index (χ0v) is 5.97. The first-order valence-electron chi connectivity index (χ1n) is 3.49. The van der Waals surface area contributed by atoms with Crippen molar-refractivity contribution in [2.75, 3.05) is 18.9 Å². The van der Waals surface area contributed by atoms with Crippen LogP contribution in [0.2, 0.25) is 0 Å². The van der Waals surface area contributed by atoms with Gasteiger partial charge in [-0.2, -0.15) is 0 Å². The van der Waals surface area contributed by atoms with Crippen LogP contribution in [-0.2, 0) is 4.74 Å². The Balaban J connectivity index is 2.21. The molecule has 2 rings (SSSR count). The van der Waals surface area contributed by atoms with E-state index in [0.29, 0.717) is 12.6 Å². The van der Waals surface area contributed by atoms with E-state index in [0.717, 1.165) is 13.0 Å². The van der Waals surface area contributed by atoms with E-state index in [1.54, 1.807) is 4.68 Å². The molecule has 1 aliphatic heterocycles. The number of ether oxygens (including phenoxy) is 1. The summed E-state index contributed by atoms with van der Waals surface area (Å²) in [6.45, 7) is 1.43. The van der Waals surface area contributed by atoms with E-state index >= 15 is 0 Å². The molecule has 1 fully saturated rings. The number of hydrogen-bond donors (Lipinski definition) is 1. The standard InChI is InChI=1S/C5H9N5O/c6-5-7-8-9-10(5)4-1-2-11-3-4/h4H,1-3H2,(H2,6,7,9). The van der Waals surface area contributed by atoms with Gasteiger partial charge in [-0.25, -0.2) is 4.68 Å². The summed E-state index contributed by atoms with van der Waals surface area (Å²) < 4.78 is 6.77. The minimum atomic E-state index is 0.227. The Morgan fingerprint density at radius 3 is 3.09 bits per heavy atom. The first-order valence-corrected chi connectivity index (χ1v) is 3.49. The maximum absolute atomic E-state index is 5.49. The van der Waals surface area contributed by atoms with Crippen molar-refractivity contribution in [2.24, 2.45) is 0 Å². The Bertz CT molecular complexity index is 241. The summed E-state index contributed by atoms with van der Waals surface area (Å²) >= 11 is 0. The Morgan fingerprint density at radius 2 is 2.55 bits per heavy atom. The molecule has 0 aromatic carbocycles. The van der Waals surface area contributed by atoms with Crippen molar-refractivity contribution in [3.8, 4) is 0 Å². The lowest BCUT2D eigenvalue weighted by atomic mass is 10.3. The number of anilines is 1. The van der Waals surface area contributed by atoms with E-state index in [1.807, 2.05) is 0 Å². The Hall–Kier alpha value is -1.17. The molecule has 0 bridgehead atoms. The van der Waals surface area contributed by atoms with E-state index in [2.05, 4.69) is 15.5 Å². The molecule has 1 aliphatic rings. The molecule has 1 saturated heterocycles. The third-order valence-corrected chi connectivity index (χ3v) is 1.77. The van der Waals surface area contributed by atoms with Crippen molar-refractivity contribution < 1.29 is 4.74 Å². The van der Waals surface area contributed by atoms with Crippen molar-refractivity contribution in [3.05, 3.63) is 0 Å². The number of nitrogen functional groups attached to an aromatic ring is 1. The second-order valence-electron chi connectivity index (χ2n) is 2.50. The molecule has 1 unspecified atom stereocenters. The van der Waals surface area contributed by atoms with Gasteiger partial charge in [0.25, 0.3) is 0 Å². The van der Waals surface area contributed by atoms with Crippen molar-refractivity contribution in [3.63, 3.8) is 0 Å². The van der Waals surface area contributed by atoms with Gasteiger partial charge < -0.3 is 10.5 Å². The highest BCUT2D eigenvalue weighted by molar-refractivity contribution is 5.11. The second-order valence-corrected chi connectivity index (χ2v) is 2.50. The predicted molar refractivity (Wildman–Crippen MR) is 36.7 cm³/mol. The van der Waals surface area contributed by atoms with Crippen LogP contribution in [-0.4, -0.2) is 33.4 Å². The molecule has 6 nitrogen and oxygen atoms in total. The average molecular weight is 155 g/mol. The second kappa shape index (κ2) is 2.46. The molecule has 0 spiro atoms. The van der Waals surface area contributed by atoms with Gasteiger partial charge in [-0.05, 0) is 16.8 Å². The van der Waals surface area contributed by atoms with Crippen molar-refractivity contribution >= 4 is 5.95 Å². The maximum atomic E-state index is 5.49. The Morgan fingerprint density at radius 1 is 1.64 bits per heavy atom. The molecule has 6 heteroatoms. The van der Waals surface area contributed by atoms with Crippen LogP contribution in [0.15, 0.2) is 0 Å². The van der Waals surface area contributed by atoms with E-state index in [1.165, 1.54) is 0 Å². The summed E-state index contributed by atoms with van der Waals surface area (Å²) in [5.74, 6) is 0.362. The first-order chi connectivity index (χ1) is 5.38. The van der Waals surface area contributed by atoms with E-state index in [9.17, 15) is 0 Å². The number of nitrogens with zero attached hydrogens (tertiary/aromatic N) is 4. The normalized spacial score (nSPS) is 24.2. The summed E-state index contributed by atoms with van der Waals surface area (Å²) in [5.41, 5.74) is 5.49. The fraction of sp³-hybridized carbons (Fsp3) is 0.800. The van der Waals surface area contributed by atoms with E-state index in [4.69, 9.17) is 10.5 Å². The maximum Gasteiger partial charge on any atom is 0.240 e. The molecule has 1 atom stereocenters. The molecule has 0 saturated carbocycles. The minimum Gasteiger partial charge on any atom is -0.379 e. The highest BCUT2D eigenvalue weighted by atomic mass is 16.5. The Labute approximate surface area is 63.3 Å². The van der Waals surface area contributed by atoms with Crippen molar-refractivity contribution in [1.82, 2.24) is 20.2 Å². The van der Waals surface area contributed by atoms with E-state index in [-0.39, 0.29) is 6.04 Å². The van der Waals surface area contributed by atoms with Gasteiger partial charge in [-0.3, -0.25) is 0 Å². The van der Waals surface area contributed by atoms with Crippen LogP contribution >= 0.6 is 0 Å². The van der Waals surface area contributed by atoms with Gasteiger partial charge in [0.05, 0.1) is 12.6 Å². The molecule has 2 heterocycles. The zero-order chi connectivity index (χ0) is 7.68. The molecule has 1 aromatic rings. The monoisotopic (exact) mass is 155 g/mol. The highest BCUT2D eigenvalue weighted by Crippen LogP contribution is 2.18. The number of nitrogens with two attached hydrogens (primary N) is 1. The third kappa shape index (κ3) is 1.05. The fourth-order valence-electron chi connectivity index (χ4n) is 1.18. The Kier molecular flexibility index (Phi) is 1.46. The van der Waals surface area contributed by atoms with Gasteiger partial charge in [-0.15, -0.1) is 0 Å². The summed E-state index contributed by atoms with van der Waals surface area (Å²) in [7, 11) is 0. The molecule has 2 N–H and O–H groups in total. The van der Waals surface area contributed by atoms with Gasteiger partial charge >= 0.3 is 0 Å². The number of aromatic nitrogens is 4. The lowest BCUT2D eigenvalue weighted by molar-refractivity contribution is 0.184. The zero-order valence-electron chi connectivity index (χ0n) is 5.97. The van der Waals surface area contributed by atoms with Crippen LogP contribution in [0.3, 0.4) is 0 Å². The molecular weight excluding hydrogens is 146 g/mol. The molecular formula is C5H9N5O. The van der Waals surface area contributed by atoms with Crippen LogP contribution < -0.4 is 5.73 Å². The molecule has 0 amide bonds. The smallest absolute Gasteiger partial charge is 0.240 e. The molecule has 60 valence electrons. The van der Waals surface area contributed by atoms with E-state index < -0.39 is 0 Å². The largest absolute Gasteiger partial charge is 0.379 e. The molecule has 1 aromatic heterocycles. The minimum absolute atomic E-state index is 0.227. The van der Waals surface area contributed by atoms with Crippen molar-refractivity contribution in [2.45, 2.75) is 12.5 Å². The van der Waals surface area contributed by atoms with Crippen LogP contribution in [0, 0.1) is 0 Å². The first kappa shape index (κ1) is 6.53. The third-order valence-electron chi connectivity index (χ3n) is 1.77. The van der Waals surface area contributed by atoms with Gasteiger partial charge in [0.2, 0.25) is 5.95 Å². The lowest BCUT2D eigenvalue weighted by Crippen LogP contribution is -2.13. The van der Waals surface area contributed by atoms with Gasteiger partial charge in [-0.1, -0.05) is 5.10 Å². The highest BCUT2D eigenvalue weighted by Gasteiger charge is 2.20. The number of rotatable bonds is 1. The number of tetrazole rings is 1. The van der Waals surface area contributed by atoms with Gasteiger partial charge in [0.1, 0.15) is 0 Å². The number of hydrogen-bond acceptors (Lipinski definition) is 5. The summed E-state index contributed by atoms with van der Waals surface area (Å²) in [6, 6.07) is 0.227. The average Bonchev–Trinajstić information content (AvgIpc) is 2.55. The topological polar surface area (TPSA) is 78.9 Å². The molecule has 0 radical (unpaired) electrons. The van der Waals surface area contributed by atoms with Crippen LogP contribution in [0.25, 0.3) is 0 Å². The summed E-state index contributed by atoms with van der Waals surface area (Å²) in [6.07, 6.45) is 0.940. The lowest BCUT2D eigenvalue weighted by Gasteiger charge is -2.05. The predicted octanol–water partition coefficient (Wildman–Crippen LogP) is -0.783. The van der Waals surface area contributed by atoms with Gasteiger partial charge in [0.15, 0.2) is 0 Å².